The summed E-state index contributed by atoms with van der Waals surface area (Å²) in [6, 6.07) is 59.4. The highest BCUT2D eigenvalue weighted by atomic mass is 16.3. The van der Waals surface area contributed by atoms with Crippen LogP contribution >= 0.6 is 0 Å². The van der Waals surface area contributed by atoms with E-state index < -0.39 is 0 Å². The summed E-state index contributed by atoms with van der Waals surface area (Å²) in [5.74, 6) is 1.81. The van der Waals surface area contributed by atoms with E-state index in [1.807, 2.05) is 54.6 Å². The second kappa shape index (κ2) is 11.2. The van der Waals surface area contributed by atoms with Gasteiger partial charge in [-0.25, -0.2) is 15.0 Å². The van der Waals surface area contributed by atoms with Crippen molar-refractivity contribution in [2.75, 3.05) is 0 Å². The number of rotatable bonds is 4. The third kappa shape index (κ3) is 4.53. The van der Waals surface area contributed by atoms with Gasteiger partial charge in [-0.1, -0.05) is 115 Å². The van der Waals surface area contributed by atoms with E-state index in [1.165, 1.54) is 32.3 Å². The lowest BCUT2D eigenvalue weighted by molar-refractivity contribution is 0.669. The van der Waals surface area contributed by atoms with Crippen molar-refractivity contribution in [3.05, 3.63) is 170 Å². The molecule has 0 aliphatic heterocycles. The molecule has 0 radical (unpaired) electrons. The van der Waals surface area contributed by atoms with Crippen LogP contribution in [0.2, 0.25) is 0 Å². The first kappa shape index (κ1) is 28.7. The van der Waals surface area contributed by atoms with Crippen LogP contribution in [0.1, 0.15) is 0 Å². The monoisotopic (exact) mass is 664 g/mol. The Hall–Kier alpha value is -7.11. The highest BCUT2D eigenvalue weighted by Crippen LogP contribution is 2.38. The number of aromatic nitrogens is 4. The van der Waals surface area contributed by atoms with Crippen molar-refractivity contribution in [3.63, 3.8) is 0 Å². The topological polar surface area (TPSA) is 56.7 Å². The number of para-hydroxylation sites is 1. The smallest absolute Gasteiger partial charge is 0.164 e. The molecule has 5 heteroatoms. The fourth-order valence-electron chi connectivity index (χ4n) is 7.67. The second-order valence-corrected chi connectivity index (χ2v) is 13.3. The number of fused-ring (bicyclic) bond motifs is 8. The minimum atomic E-state index is 0.589. The summed E-state index contributed by atoms with van der Waals surface area (Å²) in [7, 11) is 0. The van der Waals surface area contributed by atoms with E-state index in [4.69, 9.17) is 19.4 Å². The molecule has 11 rings (SSSR count). The Morgan fingerprint density at radius 1 is 0.346 bits per heavy atom. The summed E-state index contributed by atoms with van der Waals surface area (Å²) in [5.41, 5.74) is 7.70. The van der Waals surface area contributed by atoms with Crippen molar-refractivity contribution in [1.82, 2.24) is 19.5 Å². The van der Waals surface area contributed by atoms with Gasteiger partial charge in [0.2, 0.25) is 0 Å². The Balaban J connectivity index is 1.13. The summed E-state index contributed by atoms with van der Waals surface area (Å²) in [6.07, 6.45) is 0. The standard InChI is InChI=1S/C47H28N4O/c1-2-11-29(12-3-1)45-48-46(50-47(49-45)35-21-22-38-37-19-8-9-20-43(37)52-44(38)28-35)34-17-10-18-36(23-34)51-41-26-32-15-6-4-13-30(32)24-39(41)40-25-31-14-5-7-16-33(31)27-42(40)51/h1-28H. The predicted molar refractivity (Wildman–Crippen MR) is 213 cm³/mol. The summed E-state index contributed by atoms with van der Waals surface area (Å²) >= 11 is 0. The molecule has 3 heterocycles. The van der Waals surface area contributed by atoms with E-state index >= 15 is 0 Å². The van der Waals surface area contributed by atoms with E-state index in [1.54, 1.807) is 0 Å². The van der Waals surface area contributed by atoms with Crippen molar-refractivity contribution in [2.24, 2.45) is 0 Å². The first-order valence-electron chi connectivity index (χ1n) is 17.4. The van der Waals surface area contributed by atoms with Crippen LogP contribution in [-0.4, -0.2) is 19.5 Å². The molecule has 0 bridgehead atoms. The highest BCUT2D eigenvalue weighted by molar-refractivity contribution is 6.16. The van der Waals surface area contributed by atoms with E-state index in [0.29, 0.717) is 17.5 Å². The van der Waals surface area contributed by atoms with Crippen LogP contribution in [-0.2, 0) is 0 Å². The third-order valence-corrected chi connectivity index (χ3v) is 10.2. The zero-order valence-electron chi connectivity index (χ0n) is 27.9. The molecule has 11 aromatic rings. The molecule has 5 nitrogen and oxygen atoms in total. The maximum Gasteiger partial charge on any atom is 0.164 e. The molecule has 0 N–H and O–H groups in total. The van der Waals surface area contributed by atoms with Gasteiger partial charge in [0.25, 0.3) is 0 Å². The van der Waals surface area contributed by atoms with E-state index in [9.17, 15) is 0 Å². The molecule has 0 atom stereocenters. The van der Waals surface area contributed by atoms with Crippen LogP contribution < -0.4 is 0 Å². The van der Waals surface area contributed by atoms with Crippen molar-refractivity contribution < 1.29 is 4.42 Å². The minimum absolute atomic E-state index is 0.589. The normalized spacial score (nSPS) is 11.8. The van der Waals surface area contributed by atoms with Crippen molar-refractivity contribution in [2.45, 2.75) is 0 Å². The van der Waals surface area contributed by atoms with E-state index in [0.717, 1.165) is 55.3 Å². The summed E-state index contributed by atoms with van der Waals surface area (Å²) in [5, 5.41) is 9.46. The van der Waals surface area contributed by atoms with Crippen LogP contribution in [0.15, 0.2) is 174 Å². The molecule has 0 amide bonds. The predicted octanol–water partition coefficient (Wildman–Crippen LogP) is 12.2. The maximum atomic E-state index is 6.25. The van der Waals surface area contributed by atoms with Gasteiger partial charge in [-0.3, -0.25) is 0 Å². The number of hydrogen-bond donors (Lipinski definition) is 0. The van der Waals surface area contributed by atoms with Gasteiger partial charge in [0.05, 0.1) is 11.0 Å². The summed E-state index contributed by atoms with van der Waals surface area (Å²) in [4.78, 5) is 15.2. The van der Waals surface area contributed by atoms with E-state index in [-0.39, 0.29) is 0 Å². The Labute approximate surface area is 298 Å². The molecule has 3 aromatic heterocycles. The first-order valence-corrected chi connectivity index (χ1v) is 17.4. The van der Waals surface area contributed by atoms with Crippen LogP contribution in [0.5, 0.6) is 0 Å². The highest BCUT2D eigenvalue weighted by Gasteiger charge is 2.18. The lowest BCUT2D eigenvalue weighted by Crippen LogP contribution is -2.01. The van der Waals surface area contributed by atoms with Gasteiger partial charge in [-0.2, -0.15) is 0 Å². The average Bonchev–Trinajstić information content (AvgIpc) is 3.73. The lowest BCUT2D eigenvalue weighted by atomic mass is 10.0. The largest absolute Gasteiger partial charge is 0.456 e. The first-order chi connectivity index (χ1) is 25.7. The zero-order valence-corrected chi connectivity index (χ0v) is 27.9. The Bertz CT molecular complexity index is 3100. The zero-order chi connectivity index (χ0) is 34.2. The minimum Gasteiger partial charge on any atom is -0.456 e. The molecule has 0 saturated heterocycles. The molecular weight excluding hydrogens is 637 g/mol. The van der Waals surface area contributed by atoms with Crippen molar-refractivity contribution >= 4 is 65.3 Å². The molecule has 242 valence electrons. The van der Waals surface area contributed by atoms with Gasteiger partial charge in [0.1, 0.15) is 11.2 Å². The molecule has 0 unspecified atom stereocenters. The molecule has 0 saturated carbocycles. The molecule has 0 spiro atoms. The van der Waals surface area contributed by atoms with Crippen LogP contribution in [0.3, 0.4) is 0 Å². The Morgan fingerprint density at radius 3 is 1.54 bits per heavy atom. The van der Waals surface area contributed by atoms with Gasteiger partial charge in [-0.15, -0.1) is 0 Å². The summed E-state index contributed by atoms with van der Waals surface area (Å²) < 4.78 is 8.63. The second-order valence-electron chi connectivity index (χ2n) is 13.3. The lowest BCUT2D eigenvalue weighted by Gasteiger charge is -2.12. The summed E-state index contributed by atoms with van der Waals surface area (Å²) in [6.45, 7) is 0. The van der Waals surface area contributed by atoms with E-state index in [2.05, 4.69) is 120 Å². The van der Waals surface area contributed by atoms with Gasteiger partial charge < -0.3 is 8.98 Å². The number of nitrogens with zero attached hydrogens (tertiary/aromatic N) is 4. The van der Waals surface area contributed by atoms with Gasteiger partial charge in [-0.05, 0) is 76.1 Å². The Morgan fingerprint density at radius 2 is 0.865 bits per heavy atom. The van der Waals surface area contributed by atoms with Gasteiger partial charge in [0.15, 0.2) is 17.5 Å². The van der Waals surface area contributed by atoms with Crippen molar-refractivity contribution in [1.29, 1.82) is 0 Å². The third-order valence-electron chi connectivity index (χ3n) is 10.2. The maximum absolute atomic E-state index is 6.25. The van der Waals surface area contributed by atoms with Crippen LogP contribution in [0, 0.1) is 0 Å². The quantitative estimate of drug-likeness (QED) is 0.188. The fraction of sp³-hybridized carbons (Fsp3) is 0. The molecule has 8 aromatic carbocycles. The number of hydrogen-bond acceptors (Lipinski definition) is 4. The molecule has 0 fully saturated rings. The average molecular weight is 665 g/mol. The van der Waals surface area contributed by atoms with Gasteiger partial charge in [0, 0.05) is 43.9 Å². The van der Waals surface area contributed by atoms with Gasteiger partial charge >= 0.3 is 0 Å². The molecular formula is C47H28N4O. The molecule has 0 aliphatic rings. The fourth-order valence-corrected chi connectivity index (χ4v) is 7.67. The number of furan rings is 1. The SMILES string of the molecule is c1ccc(-c2nc(-c3cccc(-n4c5cc6ccccc6cc5c5cc6ccccc6cc54)c3)nc(-c3ccc4c(c3)oc3ccccc34)n2)cc1. The van der Waals surface area contributed by atoms with Crippen molar-refractivity contribution in [3.8, 4) is 39.9 Å². The molecule has 0 aliphatic carbocycles. The van der Waals surface area contributed by atoms with Crippen LogP contribution in [0.25, 0.3) is 105 Å². The molecule has 52 heavy (non-hydrogen) atoms. The Kier molecular flexibility index (Phi) is 6.18. The van der Waals surface area contributed by atoms with Crippen LogP contribution in [0.4, 0.5) is 0 Å². The number of benzene rings is 8.